The van der Waals surface area contributed by atoms with Crippen LogP contribution < -0.4 is 15.4 Å². The second-order valence-electron chi connectivity index (χ2n) is 9.47. The molecule has 3 atom stereocenters. The number of hydrogen-bond donors (Lipinski definition) is 3. The van der Waals surface area contributed by atoms with Crippen molar-refractivity contribution in [1.29, 1.82) is 0 Å². The average molecular weight is 567 g/mol. The van der Waals surface area contributed by atoms with E-state index in [0.717, 1.165) is 19.9 Å². The Hall–Kier alpha value is -2.58. The van der Waals surface area contributed by atoms with Gasteiger partial charge in [-0.2, -0.15) is 9.04 Å². The summed E-state index contributed by atoms with van der Waals surface area (Å²) in [6, 6.07) is 6.35. The molecule has 1 saturated heterocycles. The van der Waals surface area contributed by atoms with Crippen molar-refractivity contribution in [2.45, 2.75) is 56.3 Å². The summed E-state index contributed by atoms with van der Waals surface area (Å²) in [4.78, 5) is 26.7. The molecule has 10 nitrogen and oxygen atoms in total. The quantitative estimate of drug-likeness (QED) is 0.281. The minimum Gasteiger partial charge on any atom is -0.618 e. The summed E-state index contributed by atoms with van der Waals surface area (Å²) < 4.78 is 29.4. The van der Waals surface area contributed by atoms with E-state index in [0.29, 0.717) is 24.1 Å². The van der Waals surface area contributed by atoms with Crippen LogP contribution in [0.1, 0.15) is 42.8 Å². The molecule has 4 heterocycles. The second kappa shape index (κ2) is 11.4. The molecule has 200 valence electrons. The van der Waals surface area contributed by atoms with Crippen LogP contribution in [0.2, 0.25) is 0 Å². The molecular formula is C24H30N4O6S3. The maximum Gasteiger partial charge on any atom is 0.323 e. The molecule has 3 aromatic heterocycles. The van der Waals surface area contributed by atoms with E-state index in [2.05, 4.69) is 10.6 Å². The van der Waals surface area contributed by atoms with Gasteiger partial charge in [0.25, 0.3) is 5.91 Å². The Balaban J connectivity index is 1.43. The lowest BCUT2D eigenvalue weighted by Crippen LogP contribution is -2.54. The van der Waals surface area contributed by atoms with Crippen LogP contribution in [0.5, 0.6) is 0 Å². The van der Waals surface area contributed by atoms with Crippen LogP contribution in [0.4, 0.5) is 0 Å². The number of rotatable bonds is 8. The number of amides is 2. The van der Waals surface area contributed by atoms with Gasteiger partial charge in [0.2, 0.25) is 5.91 Å². The molecule has 2 unspecified atom stereocenters. The number of β-amino-alcohol motifs (C(OH)–C–C–N with tert-alkyl or cyclic N) is 1. The normalized spacial score (nSPS) is 20.0. The van der Waals surface area contributed by atoms with Gasteiger partial charge in [-0.05, 0) is 48.8 Å². The van der Waals surface area contributed by atoms with Crippen molar-refractivity contribution >= 4 is 53.9 Å². The number of nitrogens with one attached hydrogen (secondary N) is 2. The smallest absolute Gasteiger partial charge is 0.323 e. The zero-order valence-corrected chi connectivity index (χ0v) is 22.9. The third-order valence-corrected chi connectivity index (χ3v) is 10.1. The first kappa shape index (κ1) is 27.5. The fourth-order valence-electron chi connectivity index (χ4n) is 4.33. The summed E-state index contributed by atoms with van der Waals surface area (Å²) in [5, 5.41) is 30.1. The van der Waals surface area contributed by atoms with E-state index in [1.165, 1.54) is 29.5 Å². The number of carbonyl (C=O) groups is 2. The summed E-state index contributed by atoms with van der Waals surface area (Å²) in [6.45, 7) is 3.73. The number of carbonyl (C=O) groups excluding carboxylic acids is 2. The number of fused-ring (bicyclic) bond motifs is 1. The lowest BCUT2D eigenvalue weighted by molar-refractivity contribution is -0.646. The van der Waals surface area contributed by atoms with Crippen molar-refractivity contribution in [2.75, 3.05) is 13.1 Å². The molecule has 0 radical (unpaired) electrons. The predicted molar refractivity (Wildman–Crippen MR) is 142 cm³/mol. The van der Waals surface area contributed by atoms with E-state index in [9.17, 15) is 28.3 Å². The molecule has 0 spiro atoms. The topological polar surface area (TPSA) is 143 Å². The van der Waals surface area contributed by atoms with E-state index in [1.54, 1.807) is 11.3 Å². The SMILES string of the molecule is CC(C)CC(NC(=O)c1cc2sccc2s1)C(=O)NC1CCCN(S(=O)(=O)c2cccc[n+]2[O-])C[C@@H]1O. The van der Waals surface area contributed by atoms with Crippen LogP contribution in [-0.2, 0) is 14.8 Å². The van der Waals surface area contributed by atoms with Crippen LogP contribution in [0.25, 0.3) is 9.40 Å². The van der Waals surface area contributed by atoms with Gasteiger partial charge < -0.3 is 20.9 Å². The fourth-order valence-corrected chi connectivity index (χ4v) is 7.87. The zero-order valence-electron chi connectivity index (χ0n) is 20.5. The molecule has 1 fully saturated rings. The summed E-state index contributed by atoms with van der Waals surface area (Å²) in [5.41, 5.74) is 0. The van der Waals surface area contributed by atoms with Crippen LogP contribution in [-0.4, -0.2) is 60.9 Å². The lowest BCUT2D eigenvalue weighted by Gasteiger charge is -2.27. The number of pyridine rings is 1. The third kappa shape index (κ3) is 6.29. The molecule has 0 aliphatic carbocycles. The monoisotopic (exact) mass is 566 g/mol. The Morgan fingerprint density at radius 1 is 1.27 bits per heavy atom. The van der Waals surface area contributed by atoms with E-state index >= 15 is 0 Å². The Morgan fingerprint density at radius 2 is 2.05 bits per heavy atom. The van der Waals surface area contributed by atoms with Gasteiger partial charge in [-0.25, -0.2) is 8.42 Å². The van der Waals surface area contributed by atoms with Crippen molar-refractivity contribution in [3.05, 3.63) is 52.0 Å². The van der Waals surface area contributed by atoms with Crippen molar-refractivity contribution in [3.63, 3.8) is 0 Å². The molecular weight excluding hydrogens is 536 g/mol. The molecule has 1 aliphatic rings. The number of aromatic nitrogens is 1. The van der Waals surface area contributed by atoms with Crippen molar-refractivity contribution in [3.8, 4) is 0 Å². The highest BCUT2D eigenvalue weighted by molar-refractivity contribution is 7.88. The highest BCUT2D eigenvalue weighted by atomic mass is 32.2. The maximum atomic E-state index is 13.2. The standard InChI is InChI=1S/C24H30N4O6S3/c1-15(2)12-17(26-24(31)21-13-20-19(36-21)8-11-35-20)23(30)25-16-6-5-9-27(14-18(16)29)37(33,34)22-7-3-4-10-28(22)32/h3-4,7-8,10-11,13,15-18,29H,5-6,9,12,14H2,1-2H3,(H,25,30)(H,26,31)/t16?,17?,18-/m0/s1. The lowest BCUT2D eigenvalue weighted by atomic mass is 10.0. The Morgan fingerprint density at radius 3 is 2.76 bits per heavy atom. The highest BCUT2D eigenvalue weighted by Crippen LogP contribution is 2.30. The van der Waals surface area contributed by atoms with Crippen LogP contribution in [0.15, 0.2) is 46.9 Å². The van der Waals surface area contributed by atoms with Crippen LogP contribution in [0, 0.1) is 11.1 Å². The first-order valence-corrected chi connectivity index (χ1v) is 15.1. The minimum absolute atomic E-state index is 0.0995. The van der Waals surface area contributed by atoms with Gasteiger partial charge in [-0.3, -0.25) is 9.59 Å². The summed E-state index contributed by atoms with van der Waals surface area (Å²) in [7, 11) is -4.13. The van der Waals surface area contributed by atoms with Gasteiger partial charge in [0, 0.05) is 34.6 Å². The summed E-state index contributed by atoms with van der Waals surface area (Å²) in [5.74, 6) is -0.643. The van der Waals surface area contributed by atoms with E-state index in [1.807, 2.05) is 31.4 Å². The number of thiophene rings is 2. The number of nitrogens with zero attached hydrogens (tertiary/aromatic N) is 2. The molecule has 0 saturated carbocycles. The summed E-state index contributed by atoms with van der Waals surface area (Å²) >= 11 is 2.91. The van der Waals surface area contributed by atoms with Gasteiger partial charge in [0.15, 0.2) is 6.20 Å². The fraction of sp³-hybridized carbons (Fsp3) is 0.458. The molecule has 3 aromatic rings. The summed E-state index contributed by atoms with van der Waals surface area (Å²) in [6.07, 6.45) is 1.03. The number of aliphatic hydroxyl groups excluding tert-OH is 1. The molecule has 2 amide bonds. The number of sulfonamides is 1. The van der Waals surface area contributed by atoms with Crippen molar-refractivity contribution < 1.29 is 27.8 Å². The molecule has 13 heteroatoms. The number of aliphatic hydroxyl groups is 1. The molecule has 1 aliphatic heterocycles. The third-order valence-electron chi connectivity index (χ3n) is 6.19. The highest BCUT2D eigenvalue weighted by Gasteiger charge is 2.37. The van der Waals surface area contributed by atoms with Crippen molar-refractivity contribution in [2.24, 2.45) is 5.92 Å². The average Bonchev–Trinajstić information content (AvgIpc) is 3.39. The number of hydrogen-bond acceptors (Lipinski definition) is 8. The van der Waals surface area contributed by atoms with Crippen LogP contribution >= 0.6 is 22.7 Å². The van der Waals surface area contributed by atoms with E-state index < -0.39 is 39.1 Å². The zero-order chi connectivity index (χ0) is 26.7. The van der Waals surface area contributed by atoms with Crippen molar-refractivity contribution in [1.82, 2.24) is 14.9 Å². The molecule has 3 N–H and O–H groups in total. The molecule has 0 bridgehead atoms. The maximum absolute atomic E-state index is 13.2. The molecule has 37 heavy (non-hydrogen) atoms. The minimum atomic E-state index is -4.13. The van der Waals surface area contributed by atoms with Gasteiger partial charge in [-0.1, -0.05) is 13.8 Å². The molecule has 4 rings (SSSR count). The Kier molecular flexibility index (Phi) is 8.49. The largest absolute Gasteiger partial charge is 0.618 e. The van der Waals surface area contributed by atoms with Gasteiger partial charge in [0.1, 0.15) is 6.04 Å². The second-order valence-corrected chi connectivity index (χ2v) is 13.4. The van der Waals surface area contributed by atoms with Crippen LogP contribution in [0.3, 0.4) is 0 Å². The molecule has 0 aromatic carbocycles. The Labute approximate surface area is 223 Å². The first-order chi connectivity index (χ1) is 17.6. The van der Waals surface area contributed by atoms with E-state index in [4.69, 9.17) is 0 Å². The predicted octanol–water partition coefficient (Wildman–Crippen LogP) is 2.07. The first-order valence-electron chi connectivity index (χ1n) is 12.0. The van der Waals surface area contributed by atoms with Gasteiger partial charge in [0.05, 0.1) is 17.0 Å². The van der Waals surface area contributed by atoms with Gasteiger partial charge in [-0.15, -0.1) is 22.7 Å². The van der Waals surface area contributed by atoms with Gasteiger partial charge >= 0.3 is 15.0 Å². The Bertz CT molecular complexity index is 1340. The van der Waals surface area contributed by atoms with E-state index in [-0.39, 0.29) is 29.6 Å².